The Balaban J connectivity index is 1.81. The lowest BCUT2D eigenvalue weighted by Crippen LogP contribution is -2.19. The van der Waals surface area contributed by atoms with E-state index in [4.69, 9.17) is 11.6 Å². The van der Waals surface area contributed by atoms with Crippen LogP contribution in [0.2, 0.25) is 5.02 Å². The Morgan fingerprint density at radius 1 is 1.27 bits per heavy atom. The largest absolute Gasteiger partial charge is 0.324 e. The minimum absolute atomic E-state index is 0.00785. The van der Waals surface area contributed by atoms with Crippen LogP contribution >= 0.6 is 23.4 Å². The van der Waals surface area contributed by atoms with E-state index in [1.165, 1.54) is 23.9 Å². The van der Waals surface area contributed by atoms with Crippen molar-refractivity contribution in [3.63, 3.8) is 0 Å². The fourth-order valence-corrected chi connectivity index (χ4v) is 2.91. The Hall–Kier alpha value is -2.05. The van der Waals surface area contributed by atoms with Crippen LogP contribution in [0.1, 0.15) is 10.4 Å². The van der Waals surface area contributed by atoms with Crippen LogP contribution in [0.25, 0.3) is 0 Å². The van der Waals surface area contributed by atoms with Gasteiger partial charge in [-0.15, -0.1) is 11.8 Å². The molecule has 2 aromatic rings. The number of nitrogens with one attached hydrogen (secondary N) is 2. The van der Waals surface area contributed by atoms with E-state index in [0.717, 1.165) is 11.0 Å². The van der Waals surface area contributed by atoms with E-state index in [1.807, 2.05) is 0 Å². The number of anilines is 2. The van der Waals surface area contributed by atoms with Gasteiger partial charge in [0.25, 0.3) is 5.91 Å². The summed E-state index contributed by atoms with van der Waals surface area (Å²) in [4.78, 5) is 24.5. The highest BCUT2D eigenvalue weighted by atomic mass is 35.5. The molecule has 1 aliphatic heterocycles. The van der Waals surface area contributed by atoms with E-state index in [-0.39, 0.29) is 10.9 Å². The fourth-order valence-electron chi connectivity index (χ4n) is 2.00. The average molecular weight is 337 g/mol. The highest BCUT2D eigenvalue weighted by Gasteiger charge is 2.17. The van der Waals surface area contributed by atoms with Gasteiger partial charge in [-0.05, 0) is 36.4 Å². The van der Waals surface area contributed by atoms with Gasteiger partial charge in [0.1, 0.15) is 5.82 Å². The normalized spacial score (nSPS) is 13.3. The molecule has 0 aromatic heterocycles. The first kappa shape index (κ1) is 14.9. The minimum atomic E-state index is -0.603. The van der Waals surface area contributed by atoms with E-state index in [9.17, 15) is 14.0 Å². The summed E-state index contributed by atoms with van der Waals surface area (Å²) in [6, 6.07) is 9.06. The second kappa shape index (κ2) is 5.98. The Kier molecular flexibility index (Phi) is 4.04. The van der Waals surface area contributed by atoms with Crippen molar-refractivity contribution < 1.29 is 14.0 Å². The van der Waals surface area contributed by atoms with Crippen molar-refractivity contribution >= 4 is 46.6 Å². The molecule has 0 bridgehead atoms. The summed E-state index contributed by atoms with van der Waals surface area (Å²) >= 11 is 7.01. The molecule has 0 unspecified atom stereocenters. The summed E-state index contributed by atoms with van der Waals surface area (Å²) in [5, 5.41) is 5.30. The van der Waals surface area contributed by atoms with Gasteiger partial charge in [0, 0.05) is 16.1 Å². The van der Waals surface area contributed by atoms with Crippen molar-refractivity contribution in [1.82, 2.24) is 0 Å². The van der Waals surface area contributed by atoms with Gasteiger partial charge < -0.3 is 10.6 Å². The monoisotopic (exact) mass is 336 g/mol. The van der Waals surface area contributed by atoms with Gasteiger partial charge in [-0.2, -0.15) is 0 Å². The van der Waals surface area contributed by atoms with Crippen LogP contribution in [0.5, 0.6) is 0 Å². The van der Waals surface area contributed by atoms with E-state index in [2.05, 4.69) is 10.6 Å². The summed E-state index contributed by atoms with van der Waals surface area (Å²) in [5.41, 5.74) is 1.29. The zero-order valence-corrected chi connectivity index (χ0v) is 12.7. The van der Waals surface area contributed by atoms with Crippen molar-refractivity contribution in [2.24, 2.45) is 0 Å². The van der Waals surface area contributed by atoms with Gasteiger partial charge >= 0.3 is 0 Å². The molecular weight excluding hydrogens is 327 g/mol. The first-order chi connectivity index (χ1) is 10.5. The molecule has 2 N–H and O–H groups in total. The second-order valence-corrected chi connectivity index (χ2v) is 6.06. The average Bonchev–Trinajstić information content (AvgIpc) is 2.50. The predicted octanol–water partition coefficient (Wildman–Crippen LogP) is 3.78. The van der Waals surface area contributed by atoms with E-state index in [1.54, 1.807) is 18.2 Å². The van der Waals surface area contributed by atoms with E-state index >= 15 is 0 Å². The van der Waals surface area contributed by atoms with Gasteiger partial charge in [0.2, 0.25) is 5.91 Å². The Morgan fingerprint density at radius 2 is 2.09 bits per heavy atom. The number of carbonyl (C=O) groups excluding carboxylic acids is 2. The number of thioether (sulfide) groups is 1. The third kappa shape index (κ3) is 3.08. The Bertz CT molecular complexity index is 782. The molecule has 3 rings (SSSR count). The molecule has 2 aromatic carbocycles. The molecule has 22 heavy (non-hydrogen) atoms. The summed E-state index contributed by atoms with van der Waals surface area (Å²) in [5.74, 6) is -0.736. The first-order valence-corrected chi connectivity index (χ1v) is 7.72. The number of amides is 2. The van der Waals surface area contributed by atoms with Crippen LogP contribution in [0.3, 0.4) is 0 Å². The predicted molar refractivity (Wildman–Crippen MR) is 85.2 cm³/mol. The molecule has 4 nitrogen and oxygen atoms in total. The number of hydrogen-bond donors (Lipinski definition) is 2. The maximum absolute atomic E-state index is 13.4. The fraction of sp³-hybridized carbons (Fsp3) is 0.0667. The Labute approximate surface area is 135 Å². The SMILES string of the molecule is O=C1CSc2ccc(C(=O)Nc3ccc(Cl)c(F)c3)cc2N1. The Morgan fingerprint density at radius 3 is 2.86 bits per heavy atom. The lowest BCUT2D eigenvalue weighted by Gasteiger charge is -2.17. The molecule has 0 radical (unpaired) electrons. The molecule has 0 fully saturated rings. The van der Waals surface area contributed by atoms with Crippen LogP contribution in [-0.2, 0) is 4.79 Å². The van der Waals surface area contributed by atoms with Gasteiger partial charge in [0.05, 0.1) is 16.5 Å². The maximum atomic E-state index is 13.4. The lowest BCUT2D eigenvalue weighted by atomic mass is 10.1. The van der Waals surface area contributed by atoms with Crippen LogP contribution in [0.4, 0.5) is 15.8 Å². The van der Waals surface area contributed by atoms with E-state index in [0.29, 0.717) is 22.7 Å². The molecular formula is C15H10ClFN2O2S. The molecule has 2 amide bonds. The third-order valence-corrected chi connectivity index (χ3v) is 4.43. The molecule has 1 aliphatic rings. The molecule has 1 heterocycles. The van der Waals surface area contributed by atoms with Gasteiger partial charge in [0.15, 0.2) is 0 Å². The van der Waals surface area contributed by atoms with E-state index < -0.39 is 11.7 Å². The van der Waals surface area contributed by atoms with Crippen molar-refractivity contribution in [2.75, 3.05) is 16.4 Å². The van der Waals surface area contributed by atoms with Crippen molar-refractivity contribution in [1.29, 1.82) is 0 Å². The van der Waals surface area contributed by atoms with Crippen LogP contribution in [0, 0.1) is 5.82 Å². The zero-order chi connectivity index (χ0) is 15.7. The second-order valence-electron chi connectivity index (χ2n) is 4.63. The quantitative estimate of drug-likeness (QED) is 0.877. The zero-order valence-electron chi connectivity index (χ0n) is 11.2. The summed E-state index contributed by atoms with van der Waals surface area (Å²) in [6.07, 6.45) is 0. The van der Waals surface area contributed by atoms with Crippen LogP contribution < -0.4 is 10.6 Å². The number of fused-ring (bicyclic) bond motifs is 1. The summed E-state index contributed by atoms with van der Waals surface area (Å²) in [7, 11) is 0. The number of benzene rings is 2. The van der Waals surface area contributed by atoms with Crippen molar-refractivity contribution in [2.45, 2.75) is 4.90 Å². The van der Waals surface area contributed by atoms with Crippen LogP contribution in [0.15, 0.2) is 41.3 Å². The molecule has 0 spiro atoms. The summed E-state index contributed by atoms with van der Waals surface area (Å²) < 4.78 is 13.4. The molecule has 0 saturated heterocycles. The number of hydrogen-bond acceptors (Lipinski definition) is 3. The topological polar surface area (TPSA) is 58.2 Å². The smallest absolute Gasteiger partial charge is 0.255 e. The minimum Gasteiger partial charge on any atom is -0.324 e. The standard InChI is InChI=1S/C15H10ClFN2O2S/c16-10-3-2-9(6-11(10)17)18-15(21)8-1-4-13-12(5-8)19-14(20)7-22-13/h1-6H,7H2,(H,18,21)(H,19,20). The van der Waals surface area contributed by atoms with Gasteiger partial charge in [-0.3, -0.25) is 9.59 Å². The highest BCUT2D eigenvalue weighted by molar-refractivity contribution is 8.00. The summed E-state index contributed by atoms with van der Waals surface area (Å²) in [6.45, 7) is 0. The highest BCUT2D eigenvalue weighted by Crippen LogP contribution is 2.32. The molecule has 0 atom stereocenters. The number of rotatable bonds is 2. The van der Waals surface area contributed by atoms with Gasteiger partial charge in [-0.1, -0.05) is 11.6 Å². The molecule has 7 heteroatoms. The van der Waals surface area contributed by atoms with Gasteiger partial charge in [-0.25, -0.2) is 4.39 Å². The van der Waals surface area contributed by atoms with Crippen LogP contribution in [-0.4, -0.2) is 17.6 Å². The first-order valence-electron chi connectivity index (χ1n) is 6.36. The van der Waals surface area contributed by atoms with Crippen molar-refractivity contribution in [3.05, 3.63) is 52.8 Å². The molecule has 0 aliphatic carbocycles. The third-order valence-electron chi connectivity index (χ3n) is 3.05. The number of halogens is 2. The number of carbonyl (C=O) groups is 2. The molecule has 0 saturated carbocycles. The molecule has 112 valence electrons. The lowest BCUT2D eigenvalue weighted by molar-refractivity contribution is -0.113. The van der Waals surface area contributed by atoms with Crippen molar-refractivity contribution in [3.8, 4) is 0 Å². The maximum Gasteiger partial charge on any atom is 0.255 e.